The van der Waals surface area contributed by atoms with Gasteiger partial charge in [0.15, 0.2) is 0 Å². The number of likely N-dealkylation sites (tertiary alicyclic amines) is 1. The zero-order chi connectivity index (χ0) is 14.1. The molecule has 0 aromatic heterocycles. The van der Waals surface area contributed by atoms with Crippen LogP contribution in [0.1, 0.15) is 32.1 Å². The van der Waals surface area contributed by atoms with Crippen molar-refractivity contribution in [3.05, 3.63) is 0 Å². The molecule has 1 aliphatic heterocycles. The first-order chi connectivity index (χ1) is 9.13. The smallest absolute Gasteiger partial charge is 0.391 e. The molecular weight excluding hydrogens is 248 g/mol. The van der Waals surface area contributed by atoms with E-state index >= 15 is 0 Å². The van der Waals surface area contributed by atoms with Gasteiger partial charge in [0.25, 0.3) is 0 Å². The Bertz CT molecular complexity index is 351. The van der Waals surface area contributed by atoms with E-state index in [2.05, 4.69) is 10.1 Å². The zero-order valence-electron chi connectivity index (χ0n) is 10.9. The van der Waals surface area contributed by atoms with Gasteiger partial charge in [0.2, 0.25) is 5.91 Å². The fourth-order valence-corrected chi connectivity index (χ4v) is 1.98. The molecule has 0 saturated carbocycles. The maximum absolute atomic E-state index is 11.7. The quantitative estimate of drug-likeness (QED) is 0.542. The molecule has 1 rings (SSSR count). The molecule has 1 fully saturated rings. The van der Waals surface area contributed by atoms with Crippen LogP contribution in [-0.2, 0) is 9.53 Å². The summed E-state index contributed by atoms with van der Waals surface area (Å²) >= 11 is 0. The van der Waals surface area contributed by atoms with E-state index in [4.69, 9.17) is 6.42 Å². The van der Waals surface area contributed by atoms with Crippen molar-refractivity contribution in [2.75, 3.05) is 19.6 Å². The first-order valence-electron chi connectivity index (χ1n) is 6.49. The Morgan fingerprint density at radius 1 is 1.42 bits per heavy atom. The lowest BCUT2D eigenvalue weighted by molar-refractivity contribution is -0.130. The molecule has 0 spiro atoms. The summed E-state index contributed by atoms with van der Waals surface area (Å²) < 4.78 is 4.26. The fourth-order valence-electron chi connectivity index (χ4n) is 1.98. The summed E-state index contributed by atoms with van der Waals surface area (Å²) in [5.41, 5.74) is 0. The number of ether oxygens (including phenoxy) is 1. The van der Waals surface area contributed by atoms with Gasteiger partial charge in [-0.2, -0.15) is 0 Å². The minimum absolute atomic E-state index is 0.0938. The third-order valence-corrected chi connectivity index (χ3v) is 3.00. The number of rotatable bonds is 6. The maximum Gasteiger partial charge on any atom is 0.421 e. The average molecular weight is 268 g/mol. The summed E-state index contributed by atoms with van der Waals surface area (Å²) in [7, 11) is 0. The van der Waals surface area contributed by atoms with Crippen LogP contribution in [0.4, 0.5) is 4.79 Å². The third kappa shape index (κ3) is 6.11. The largest absolute Gasteiger partial charge is 0.421 e. The van der Waals surface area contributed by atoms with E-state index in [1.54, 1.807) is 11.0 Å². The van der Waals surface area contributed by atoms with Crippen LogP contribution in [-0.4, -0.2) is 47.7 Å². The van der Waals surface area contributed by atoms with Crippen LogP contribution in [0.25, 0.3) is 0 Å². The van der Waals surface area contributed by atoms with Crippen molar-refractivity contribution in [2.24, 2.45) is 0 Å². The topological polar surface area (TPSA) is 78.9 Å². The molecule has 2 amide bonds. The molecule has 0 aliphatic carbocycles. The van der Waals surface area contributed by atoms with Crippen molar-refractivity contribution in [3.63, 3.8) is 0 Å². The Kier molecular flexibility index (Phi) is 6.75. The molecular formula is C13H20N2O4. The highest BCUT2D eigenvalue weighted by molar-refractivity contribution is 5.76. The highest BCUT2D eigenvalue weighted by atomic mass is 16.5. The van der Waals surface area contributed by atoms with Crippen molar-refractivity contribution in [2.45, 2.75) is 38.2 Å². The summed E-state index contributed by atoms with van der Waals surface area (Å²) in [5, 5.41) is 11.8. The predicted octanol–water partition coefficient (Wildman–Crippen LogP) is 0.457. The number of unbranched alkanes of at least 4 members (excludes halogenated alkanes) is 2. The van der Waals surface area contributed by atoms with Gasteiger partial charge in [-0.1, -0.05) is 12.8 Å². The van der Waals surface area contributed by atoms with Gasteiger partial charge in [-0.3, -0.25) is 4.79 Å². The van der Waals surface area contributed by atoms with E-state index in [0.29, 0.717) is 32.5 Å². The number of terminal acetylenes is 1. The van der Waals surface area contributed by atoms with Crippen molar-refractivity contribution >= 4 is 12.0 Å². The van der Waals surface area contributed by atoms with E-state index < -0.39 is 6.09 Å². The van der Waals surface area contributed by atoms with Gasteiger partial charge >= 0.3 is 6.09 Å². The third-order valence-electron chi connectivity index (χ3n) is 3.00. The van der Waals surface area contributed by atoms with Gasteiger partial charge in [0.1, 0.15) is 6.11 Å². The van der Waals surface area contributed by atoms with Gasteiger partial charge in [0, 0.05) is 26.1 Å². The lowest BCUT2D eigenvalue weighted by Gasteiger charge is -2.15. The van der Waals surface area contributed by atoms with Gasteiger partial charge in [0.05, 0.1) is 6.10 Å². The predicted molar refractivity (Wildman–Crippen MR) is 69.0 cm³/mol. The number of nitrogens with one attached hydrogen (secondary N) is 1. The van der Waals surface area contributed by atoms with Crippen LogP contribution in [0.2, 0.25) is 0 Å². The zero-order valence-corrected chi connectivity index (χ0v) is 10.9. The summed E-state index contributed by atoms with van der Waals surface area (Å²) in [6.45, 7) is 1.59. The van der Waals surface area contributed by atoms with E-state index in [1.807, 2.05) is 0 Å². The van der Waals surface area contributed by atoms with Crippen molar-refractivity contribution < 1.29 is 19.4 Å². The fraction of sp³-hybridized carbons (Fsp3) is 0.692. The van der Waals surface area contributed by atoms with Crippen LogP contribution in [0.3, 0.4) is 0 Å². The summed E-state index contributed by atoms with van der Waals surface area (Å²) in [5.74, 6) is 0.0938. The second-order valence-electron chi connectivity index (χ2n) is 4.53. The molecule has 1 heterocycles. The number of hydrogen-bond acceptors (Lipinski definition) is 4. The van der Waals surface area contributed by atoms with E-state index in [9.17, 15) is 14.7 Å². The second-order valence-corrected chi connectivity index (χ2v) is 4.53. The number of amides is 2. The molecule has 0 aromatic rings. The lowest BCUT2D eigenvalue weighted by atomic mass is 10.2. The summed E-state index contributed by atoms with van der Waals surface area (Å²) in [4.78, 5) is 24.2. The first kappa shape index (κ1) is 15.3. The number of carbonyl (C=O) groups is 2. The number of hydrogen-bond donors (Lipinski definition) is 2. The highest BCUT2D eigenvalue weighted by Crippen LogP contribution is 2.11. The van der Waals surface area contributed by atoms with E-state index in [-0.39, 0.29) is 12.0 Å². The van der Waals surface area contributed by atoms with Crippen LogP contribution >= 0.6 is 0 Å². The number of aliphatic hydroxyl groups excluding tert-OH is 1. The monoisotopic (exact) mass is 268 g/mol. The SMILES string of the molecule is C#COC(=O)NCCCCCC(=O)N1CC[C@@H](O)C1. The van der Waals surface area contributed by atoms with Crippen LogP contribution < -0.4 is 5.32 Å². The molecule has 0 radical (unpaired) electrons. The Morgan fingerprint density at radius 2 is 2.21 bits per heavy atom. The van der Waals surface area contributed by atoms with Gasteiger partial charge in [-0.25, -0.2) is 4.79 Å². The van der Waals surface area contributed by atoms with Crippen molar-refractivity contribution in [1.29, 1.82) is 0 Å². The average Bonchev–Trinajstić information content (AvgIpc) is 2.80. The maximum atomic E-state index is 11.7. The summed E-state index contributed by atoms with van der Waals surface area (Å²) in [6, 6.07) is 0. The minimum Gasteiger partial charge on any atom is -0.391 e. The molecule has 6 nitrogen and oxygen atoms in total. The molecule has 1 atom stereocenters. The molecule has 19 heavy (non-hydrogen) atoms. The van der Waals surface area contributed by atoms with Crippen LogP contribution in [0, 0.1) is 12.5 Å². The van der Waals surface area contributed by atoms with Gasteiger partial charge < -0.3 is 20.1 Å². The summed E-state index contributed by atoms with van der Waals surface area (Å²) in [6.07, 6.45) is 9.15. The van der Waals surface area contributed by atoms with Crippen molar-refractivity contribution in [1.82, 2.24) is 10.2 Å². The number of nitrogens with zero attached hydrogens (tertiary/aromatic N) is 1. The lowest BCUT2D eigenvalue weighted by Crippen LogP contribution is -2.29. The molecule has 1 aliphatic rings. The minimum atomic E-state index is -0.621. The standard InChI is InChI=1S/C13H20N2O4/c1-2-19-13(18)14-8-5-3-4-6-12(17)15-9-7-11(16)10-15/h1,11,16H,3-10H2,(H,14,18)/t11-/m1/s1. The second kappa shape index (κ2) is 8.38. The molecule has 2 N–H and O–H groups in total. The number of alkyl carbamates (subject to hydrolysis) is 1. The van der Waals surface area contributed by atoms with Gasteiger partial charge in [-0.15, -0.1) is 0 Å². The highest BCUT2D eigenvalue weighted by Gasteiger charge is 2.23. The first-order valence-corrected chi connectivity index (χ1v) is 6.49. The molecule has 0 bridgehead atoms. The number of carbonyl (C=O) groups excluding carboxylic acids is 2. The normalized spacial score (nSPS) is 17.9. The van der Waals surface area contributed by atoms with Crippen LogP contribution in [0.15, 0.2) is 0 Å². The molecule has 6 heteroatoms. The van der Waals surface area contributed by atoms with E-state index in [0.717, 1.165) is 19.3 Å². The Balaban J connectivity index is 1.97. The Hall–Kier alpha value is -1.74. The molecule has 1 saturated heterocycles. The number of aliphatic hydroxyl groups is 1. The molecule has 0 unspecified atom stereocenters. The molecule has 0 aromatic carbocycles. The van der Waals surface area contributed by atoms with Gasteiger partial charge in [-0.05, 0) is 19.3 Å². The Morgan fingerprint density at radius 3 is 2.84 bits per heavy atom. The Labute approximate surface area is 113 Å². The van der Waals surface area contributed by atoms with Crippen molar-refractivity contribution in [3.8, 4) is 12.5 Å². The molecule has 106 valence electrons. The van der Waals surface area contributed by atoms with E-state index in [1.165, 1.54) is 0 Å². The number of β-amino-alcohol motifs (C(OH)–C–C–N with tert-alkyl or cyclic N) is 1. The van der Waals surface area contributed by atoms with Crippen LogP contribution in [0.5, 0.6) is 0 Å².